The highest BCUT2D eigenvalue weighted by Crippen LogP contribution is 2.00. The molecule has 0 aromatic carbocycles. The molecule has 9 heteroatoms. The van der Waals surface area contributed by atoms with E-state index >= 15 is 0 Å². The average molecular weight is 272 g/mol. The number of carbonyl (C=O) groups is 4. The zero-order valence-electron chi connectivity index (χ0n) is 10.2. The summed E-state index contributed by atoms with van der Waals surface area (Å²) in [5.74, 6) is -2.32. The van der Waals surface area contributed by atoms with Crippen molar-refractivity contribution in [1.82, 2.24) is 15.5 Å². The molecular weight excluding hydrogens is 256 g/mol. The molecule has 4 amide bonds. The number of urea groups is 1. The van der Waals surface area contributed by atoms with Crippen LogP contribution >= 0.6 is 0 Å². The lowest BCUT2D eigenvalue weighted by Crippen LogP contribution is -2.50. The van der Waals surface area contributed by atoms with Gasteiger partial charge in [0.15, 0.2) is 0 Å². The van der Waals surface area contributed by atoms with E-state index in [1.165, 1.54) is 4.90 Å². The zero-order valence-corrected chi connectivity index (χ0v) is 10.2. The van der Waals surface area contributed by atoms with E-state index in [-0.39, 0.29) is 25.4 Å². The van der Waals surface area contributed by atoms with E-state index in [0.717, 1.165) is 0 Å². The summed E-state index contributed by atoms with van der Waals surface area (Å²) in [6, 6.07) is -2.00. The van der Waals surface area contributed by atoms with Crippen LogP contribution in [0.1, 0.15) is 12.8 Å². The molecule has 0 unspecified atom stereocenters. The van der Waals surface area contributed by atoms with Gasteiger partial charge >= 0.3 is 12.0 Å². The monoisotopic (exact) mass is 272 g/mol. The van der Waals surface area contributed by atoms with E-state index in [1.54, 1.807) is 0 Å². The quantitative estimate of drug-likeness (QED) is 0.461. The SMILES string of the molecule is NC(=O)C[C@@H](NC(=O)N1CCNC(=O)CC1)C(=O)O. The zero-order chi connectivity index (χ0) is 14.4. The lowest BCUT2D eigenvalue weighted by atomic mass is 10.2. The molecule has 1 aliphatic heterocycles. The molecule has 0 radical (unpaired) electrons. The maximum atomic E-state index is 11.8. The van der Waals surface area contributed by atoms with Gasteiger partial charge in [-0.25, -0.2) is 9.59 Å². The van der Waals surface area contributed by atoms with Crippen molar-refractivity contribution in [2.24, 2.45) is 5.73 Å². The first-order chi connectivity index (χ1) is 8.90. The molecule has 1 atom stereocenters. The molecule has 1 saturated heterocycles. The van der Waals surface area contributed by atoms with Crippen LogP contribution in [0.5, 0.6) is 0 Å². The summed E-state index contributed by atoms with van der Waals surface area (Å²) in [7, 11) is 0. The van der Waals surface area contributed by atoms with Gasteiger partial charge < -0.3 is 26.4 Å². The molecule has 0 bridgehead atoms. The predicted molar refractivity (Wildman–Crippen MR) is 63.0 cm³/mol. The molecule has 1 aliphatic rings. The van der Waals surface area contributed by atoms with Crippen LogP contribution in [0.4, 0.5) is 4.79 Å². The van der Waals surface area contributed by atoms with Crippen LogP contribution in [0.2, 0.25) is 0 Å². The average Bonchev–Trinajstić information content (AvgIpc) is 2.52. The van der Waals surface area contributed by atoms with E-state index in [4.69, 9.17) is 10.8 Å². The van der Waals surface area contributed by atoms with Crippen molar-refractivity contribution in [3.8, 4) is 0 Å². The molecule has 106 valence electrons. The first-order valence-electron chi connectivity index (χ1n) is 5.73. The minimum Gasteiger partial charge on any atom is -0.480 e. The molecule has 0 aliphatic carbocycles. The summed E-state index contributed by atoms with van der Waals surface area (Å²) in [6.07, 6.45) is -0.326. The Balaban J connectivity index is 2.58. The topological polar surface area (TPSA) is 142 Å². The minimum atomic E-state index is -1.36. The molecule has 9 nitrogen and oxygen atoms in total. The van der Waals surface area contributed by atoms with Gasteiger partial charge in [-0.2, -0.15) is 0 Å². The number of hydrogen-bond acceptors (Lipinski definition) is 4. The maximum Gasteiger partial charge on any atom is 0.326 e. The third-order valence-corrected chi connectivity index (χ3v) is 2.60. The third kappa shape index (κ3) is 4.82. The summed E-state index contributed by atoms with van der Waals surface area (Å²) >= 11 is 0. The molecule has 1 rings (SSSR count). The van der Waals surface area contributed by atoms with Gasteiger partial charge in [-0.3, -0.25) is 9.59 Å². The highest BCUT2D eigenvalue weighted by atomic mass is 16.4. The van der Waals surface area contributed by atoms with Crippen molar-refractivity contribution < 1.29 is 24.3 Å². The summed E-state index contributed by atoms with van der Waals surface area (Å²) in [5, 5.41) is 13.7. The fourth-order valence-electron chi connectivity index (χ4n) is 1.61. The Kier molecular flexibility index (Phi) is 5.10. The van der Waals surface area contributed by atoms with Gasteiger partial charge in [-0.05, 0) is 0 Å². The van der Waals surface area contributed by atoms with E-state index in [0.29, 0.717) is 6.54 Å². The smallest absolute Gasteiger partial charge is 0.326 e. The van der Waals surface area contributed by atoms with Gasteiger partial charge in [0.25, 0.3) is 0 Å². The third-order valence-electron chi connectivity index (χ3n) is 2.60. The molecule has 5 N–H and O–H groups in total. The van der Waals surface area contributed by atoms with Crippen molar-refractivity contribution in [2.75, 3.05) is 19.6 Å². The van der Waals surface area contributed by atoms with E-state index in [9.17, 15) is 19.2 Å². The van der Waals surface area contributed by atoms with Gasteiger partial charge in [0, 0.05) is 26.1 Å². The van der Waals surface area contributed by atoms with Gasteiger partial charge in [0.05, 0.1) is 6.42 Å². The number of rotatable bonds is 4. The molecule has 0 aromatic rings. The van der Waals surface area contributed by atoms with Crippen LogP contribution in [0.25, 0.3) is 0 Å². The van der Waals surface area contributed by atoms with Crippen LogP contribution in [0, 0.1) is 0 Å². The molecule has 0 spiro atoms. The minimum absolute atomic E-state index is 0.154. The van der Waals surface area contributed by atoms with Crippen molar-refractivity contribution >= 4 is 23.8 Å². The Labute approximate surface area is 109 Å². The van der Waals surface area contributed by atoms with E-state index in [1.807, 2.05) is 0 Å². The number of carbonyl (C=O) groups excluding carboxylic acids is 3. The van der Waals surface area contributed by atoms with Crippen molar-refractivity contribution in [3.05, 3.63) is 0 Å². The van der Waals surface area contributed by atoms with Gasteiger partial charge in [-0.1, -0.05) is 0 Å². The number of amides is 4. The Bertz CT molecular complexity index is 397. The fourth-order valence-corrected chi connectivity index (χ4v) is 1.61. The molecular formula is C10H16N4O5. The number of carboxylic acids is 1. The van der Waals surface area contributed by atoms with Crippen molar-refractivity contribution in [2.45, 2.75) is 18.9 Å². The second-order valence-electron chi connectivity index (χ2n) is 4.10. The summed E-state index contributed by atoms with van der Waals surface area (Å²) in [5.41, 5.74) is 4.91. The molecule has 0 saturated carbocycles. The number of primary amides is 1. The number of nitrogens with zero attached hydrogens (tertiary/aromatic N) is 1. The number of nitrogens with two attached hydrogens (primary N) is 1. The fraction of sp³-hybridized carbons (Fsp3) is 0.600. The number of aliphatic carboxylic acids is 1. The molecule has 1 heterocycles. The second kappa shape index (κ2) is 6.57. The van der Waals surface area contributed by atoms with Crippen LogP contribution in [-0.4, -0.2) is 59.5 Å². The lowest BCUT2D eigenvalue weighted by Gasteiger charge is -2.22. The van der Waals surface area contributed by atoms with Gasteiger partial charge in [-0.15, -0.1) is 0 Å². The lowest BCUT2D eigenvalue weighted by molar-refractivity contribution is -0.141. The van der Waals surface area contributed by atoms with Crippen LogP contribution in [0.15, 0.2) is 0 Å². The van der Waals surface area contributed by atoms with Crippen LogP contribution < -0.4 is 16.4 Å². The summed E-state index contributed by atoms with van der Waals surface area (Å²) in [4.78, 5) is 45.8. The Morgan fingerprint density at radius 2 is 2.11 bits per heavy atom. The number of nitrogens with one attached hydrogen (secondary N) is 2. The Hall–Kier alpha value is -2.32. The molecule has 0 aromatic heterocycles. The Morgan fingerprint density at radius 1 is 1.42 bits per heavy atom. The predicted octanol–water partition coefficient (Wildman–Crippen LogP) is -2.15. The highest BCUT2D eigenvalue weighted by molar-refractivity contribution is 5.88. The second-order valence-corrected chi connectivity index (χ2v) is 4.10. The first kappa shape index (κ1) is 14.7. The Morgan fingerprint density at radius 3 is 2.68 bits per heavy atom. The first-order valence-corrected chi connectivity index (χ1v) is 5.73. The van der Waals surface area contributed by atoms with Gasteiger partial charge in [0.2, 0.25) is 11.8 Å². The van der Waals surface area contributed by atoms with Crippen LogP contribution in [0.3, 0.4) is 0 Å². The van der Waals surface area contributed by atoms with E-state index in [2.05, 4.69) is 10.6 Å². The molecule has 1 fully saturated rings. The van der Waals surface area contributed by atoms with Crippen LogP contribution in [-0.2, 0) is 14.4 Å². The van der Waals surface area contributed by atoms with E-state index < -0.39 is 30.4 Å². The highest BCUT2D eigenvalue weighted by Gasteiger charge is 2.25. The summed E-state index contributed by atoms with van der Waals surface area (Å²) < 4.78 is 0. The standard InChI is InChI=1S/C10H16N4O5/c11-7(15)5-6(9(17)18)13-10(19)14-3-1-8(16)12-2-4-14/h6H,1-5H2,(H2,11,15)(H,12,16)(H,13,19)(H,17,18)/t6-/m1/s1. The molecule has 19 heavy (non-hydrogen) atoms. The van der Waals surface area contributed by atoms with Gasteiger partial charge in [0.1, 0.15) is 6.04 Å². The summed E-state index contributed by atoms with van der Waals surface area (Å²) in [6.45, 7) is 0.779. The maximum absolute atomic E-state index is 11.8. The number of hydrogen-bond donors (Lipinski definition) is 4. The van der Waals surface area contributed by atoms with Crippen molar-refractivity contribution in [3.63, 3.8) is 0 Å². The number of carboxylic acid groups (broad SMARTS) is 1. The largest absolute Gasteiger partial charge is 0.480 e. The normalized spacial score (nSPS) is 17.1. The van der Waals surface area contributed by atoms with Crippen molar-refractivity contribution in [1.29, 1.82) is 0 Å².